The lowest BCUT2D eigenvalue weighted by Crippen LogP contribution is -2.49. The molecule has 0 radical (unpaired) electrons. The van der Waals surface area contributed by atoms with E-state index in [1.54, 1.807) is 0 Å². The van der Waals surface area contributed by atoms with Crippen molar-refractivity contribution in [3.63, 3.8) is 0 Å². The summed E-state index contributed by atoms with van der Waals surface area (Å²) < 4.78 is 0. The van der Waals surface area contributed by atoms with Gasteiger partial charge in [0.15, 0.2) is 0 Å². The van der Waals surface area contributed by atoms with Crippen LogP contribution in [0, 0.1) is 36.5 Å². The van der Waals surface area contributed by atoms with E-state index in [1.165, 1.54) is 37.7 Å². The molecule has 2 nitrogen and oxygen atoms in total. The van der Waals surface area contributed by atoms with Crippen molar-refractivity contribution in [2.24, 2.45) is 29.6 Å². The van der Waals surface area contributed by atoms with Gasteiger partial charge in [0.1, 0.15) is 0 Å². The van der Waals surface area contributed by atoms with Crippen LogP contribution in [0.15, 0.2) is 18.3 Å². The van der Waals surface area contributed by atoms with E-state index < -0.39 is 0 Å². The van der Waals surface area contributed by atoms with Crippen molar-refractivity contribution in [3.8, 4) is 0 Å². The predicted octanol–water partition coefficient (Wildman–Crippen LogP) is 3.37. The van der Waals surface area contributed by atoms with E-state index in [4.69, 9.17) is 0 Å². The molecule has 0 amide bonds. The normalized spacial score (nSPS) is 40.0. The molecule has 5 rings (SSSR count). The van der Waals surface area contributed by atoms with E-state index in [1.807, 2.05) is 6.20 Å². The number of hydrogen-bond donors (Lipinski definition) is 1. The quantitative estimate of drug-likeness (QED) is 0.914. The molecule has 4 saturated carbocycles. The molecule has 0 aliphatic heterocycles. The number of rotatable bonds is 3. The minimum atomic E-state index is -0.180. The van der Waals surface area contributed by atoms with Crippen LogP contribution in [0.2, 0.25) is 0 Å². The summed E-state index contributed by atoms with van der Waals surface area (Å²) in [7, 11) is 0. The van der Waals surface area contributed by atoms with Crippen LogP contribution in [0.25, 0.3) is 0 Å². The first kappa shape index (κ1) is 12.8. The van der Waals surface area contributed by atoms with Gasteiger partial charge in [-0.3, -0.25) is 4.98 Å². The first-order valence-electron chi connectivity index (χ1n) is 8.28. The smallest absolute Gasteiger partial charge is 0.0629 e. The summed E-state index contributed by atoms with van der Waals surface area (Å²) in [5, 5.41) is 10.8. The van der Waals surface area contributed by atoms with Gasteiger partial charge in [-0.2, -0.15) is 0 Å². The van der Waals surface area contributed by atoms with Gasteiger partial charge >= 0.3 is 0 Å². The van der Waals surface area contributed by atoms with Gasteiger partial charge in [-0.05, 0) is 80.2 Å². The molecular formula is C18H25NO. The van der Waals surface area contributed by atoms with Crippen molar-refractivity contribution in [2.45, 2.75) is 51.6 Å². The number of aliphatic hydroxyl groups is 1. The summed E-state index contributed by atoms with van der Waals surface area (Å²) in [5.74, 6) is 4.11. The number of pyridine rings is 1. The molecule has 4 aliphatic rings. The highest BCUT2D eigenvalue weighted by molar-refractivity contribution is 5.13. The summed E-state index contributed by atoms with van der Waals surface area (Å²) >= 11 is 0. The lowest BCUT2D eigenvalue weighted by molar-refractivity contribution is -0.0889. The van der Waals surface area contributed by atoms with E-state index in [0.717, 1.165) is 35.8 Å². The Morgan fingerprint density at radius 3 is 2.30 bits per heavy atom. The Morgan fingerprint density at radius 2 is 1.75 bits per heavy atom. The molecule has 1 aromatic heterocycles. The maximum absolute atomic E-state index is 10.8. The molecule has 1 unspecified atom stereocenters. The monoisotopic (exact) mass is 271 g/mol. The first-order chi connectivity index (χ1) is 9.69. The van der Waals surface area contributed by atoms with Gasteiger partial charge in [-0.15, -0.1) is 0 Å². The maximum Gasteiger partial charge on any atom is 0.0629 e. The van der Waals surface area contributed by atoms with Crippen LogP contribution in [0.1, 0.15) is 43.4 Å². The fraction of sp³-hybridized carbons (Fsp3) is 0.722. The van der Waals surface area contributed by atoms with E-state index in [2.05, 4.69) is 24.0 Å². The van der Waals surface area contributed by atoms with Crippen LogP contribution in [0.5, 0.6) is 0 Å². The molecule has 0 aromatic carbocycles. The highest BCUT2D eigenvalue weighted by atomic mass is 16.3. The lowest BCUT2D eigenvalue weighted by atomic mass is 9.50. The SMILES string of the molecule is Cc1ccc(CC(O)C2C3CC4CC(C3)CC2C4)nc1. The van der Waals surface area contributed by atoms with Crippen molar-refractivity contribution in [1.29, 1.82) is 0 Å². The third-order valence-electron chi connectivity index (χ3n) is 6.13. The van der Waals surface area contributed by atoms with Crippen LogP contribution in [-0.2, 0) is 6.42 Å². The van der Waals surface area contributed by atoms with Crippen molar-refractivity contribution >= 4 is 0 Å². The van der Waals surface area contributed by atoms with Crippen molar-refractivity contribution in [1.82, 2.24) is 4.98 Å². The summed E-state index contributed by atoms with van der Waals surface area (Å²) in [5.41, 5.74) is 2.25. The molecule has 1 heterocycles. The van der Waals surface area contributed by atoms with Gasteiger partial charge < -0.3 is 5.11 Å². The molecule has 4 bridgehead atoms. The molecule has 20 heavy (non-hydrogen) atoms. The van der Waals surface area contributed by atoms with Crippen molar-refractivity contribution < 1.29 is 5.11 Å². The van der Waals surface area contributed by atoms with Crippen LogP contribution in [-0.4, -0.2) is 16.2 Å². The number of aliphatic hydroxyl groups excluding tert-OH is 1. The number of aromatic nitrogens is 1. The zero-order valence-corrected chi connectivity index (χ0v) is 12.3. The third kappa shape index (κ3) is 2.18. The van der Waals surface area contributed by atoms with E-state index in [9.17, 15) is 5.11 Å². The molecule has 108 valence electrons. The summed E-state index contributed by atoms with van der Waals surface area (Å²) in [6.45, 7) is 2.06. The van der Waals surface area contributed by atoms with Crippen LogP contribution in [0.3, 0.4) is 0 Å². The lowest BCUT2D eigenvalue weighted by Gasteiger charge is -2.55. The van der Waals surface area contributed by atoms with Gasteiger partial charge in [0.05, 0.1) is 6.10 Å². The molecule has 0 spiro atoms. The van der Waals surface area contributed by atoms with Gasteiger partial charge in [0, 0.05) is 18.3 Å². The number of nitrogens with zero attached hydrogens (tertiary/aromatic N) is 1. The average Bonchev–Trinajstić information content (AvgIpc) is 2.40. The van der Waals surface area contributed by atoms with Crippen LogP contribution >= 0.6 is 0 Å². The van der Waals surface area contributed by atoms with E-state index in [0.29, 0.717) is 5.92 Å². The van der Waals surface area contributed by atoms with Gasteiger partial charge in [-0.1, -0.05) is 6.07 Å². The van der Waals surface area contributed by atoms with Crippen LogP contribution in [0.4, 0.5) is 0 Å². The number of aryl methyl sites for hydroxylation is 1. The average molecular weight is 271 g/mol. The molecule has 1 N–H and O–H groups in total. The minimum Gasteiger partial charge on any atom is -0.392 e. The fourth-order valence-electron chi connectivity index (χ4n) is 5.57. The Balaban J connectivity index is 1.48. The maximum atomic E-state index is 10.8. The van der Waals surface area contributed by atoms with Gasteiger partial charge in [0.25, 0.3) is 0 Å². The standard InChI is InChI=1S/C18H25NO/c1-11-2-3-16(19-10-11)9-17(20)18-14-5-12-4-13(7-14)8-15(18)6-12/h2-3,10,12-15,17-18,20H,4-9H2,1H3. The molecule has 4 fully saturated rings. The third-order valence-corrected chi connectivity index (χ3v) is 6.13. The Morgan fingerprint density at radius 1 is 1.10 bits per heavy atom. The second-order valence-electron chi connectivity index (χ2n) is 7.61. The molecular weight excluding hydrogens is 246 g/mol. The van der Waals surface area contributed by atoms with Crippen LogP contribution < -0.4 is 0 Å². The fourth-order valence-corrected chi connectivity index (χ4v) is 5.57. The molecule has 0 saturated heterocycles. The summed E-state index contributed by atoms with van der Waals surface area (Å²) in [4.78, 5) is 4.47. The Hall–Kier alpha value is -0.890. The zero-order valence-electron chi connectivity index (χ0n) is 12.3. The van der Waals surface area contributed by atoms with E-state index >= 15 is 0 Å². The highest BCUT2D eigenvalue weighted by Gasteiger charge is 2.50. The molecule has 1 atom stereocenters. The van der Waals surface area contributed by atoms with E-state index in [-0.39, 0.29) is 6.10 Å². The topological polar surface area (TPSA) is 33.1 Å². The summed E-state index contributed by atoms with van der Waals surface area (Å²) in [6.07, 6.45) is 9.50. The van der Waals surface area contributed by atoms with Gasteiger partial charge in [-0.25, -0.2) is 0 Å². The van der Waals surface area contributed by atoms with Gasteiger partial charge in [0.2, 0.25) is 0 Å². The minimum absolute atomic E-state index is 0.180. The molecule has 2 heteroatoms. The molecule has 1 aromatic rings. The van der Waals surface area contributed by atoms with Crippen molar-refractivity contribution in [3.05, 3.63) is 29.6 Å². The largest absolute Gasteiger partial charge is 0.392 e. The Kier molecular flexibility index (Phi) is 3.10. The Labute approximate surface area is 121 Å². The second kappa shape index (κ2) is 4.84. The Bertz CT molecular complexity index is 453. The predicted molar refractivity (Wildman–Crippen MR) is 79.2 cm³/mol. The highest BCUT2D eigenvalue weighted by Crippen LogP contribution is 2.57. The summed E-state index contributed by atoms with van der Waals surface area (Å²) in [6, 6.07) is 4.18. The molecule has 4 aliphatic carbocycles. The number of hydrogen-bond acceptors (Lipinski definition) is 2. The van der Waals surface area contributed by atoms with Crippen molar-refractivity contribution in [2.75, 3.05) is 0 Å². The zero-order chi connectivity index (χ0) is 13.7. The second-order valence-corrected chi connectivity index (χ2v) is 7.61. The first-order valence-corrected chi connectivity index (χ1v) is 8.28.